The van der Waals surface area contributed by atoms with Crippen molar-refractivity contribution in [3.05, 3.63) is 22.3 Å². The van der Waals surface area contributed by atoms with E-state index in [9.17, 15) is 0 Å². The Kier molecular flexibility index (Phi) is 3.23. The summed E-state index contributed by atoms with van der Waals surface area (Å²) in [6, 6.07) is 0. The number of nitrogens with one attached hydrogen (secondary N) is 1. The van der Waals surface area contributed by atoms with E-state index in [2.05, 4.69) is 21.9 Å². The number of hydrogen-bond acceptors (Lipinski definition) is 5. The smallest absolute Gasteiger partial charge is 0.156 e. The molecular weight excluding hydrogens is 282 g/mol. The van der Waals surface area contributed by atoms with Gasteiger partial charge in [-0.1, -0.05) is 0 Å². The second-order valence-electron chi connectivity index (χ2n) is 6.09. The van der Waals surface area contributed by atoms with Crippen molar-refractivity contribution in [1.82, 2.24) is 14.6 Å². The molecule has 21 heavy (non-hydrogen) atoms. The molecule has 4 rings (SSSR count). The standard InChI is InChI=1S/C15H21N5S/c1-18-6-8-19(9-7-18)20-10-17-15-13(14(20)16)11-4-2-3-5-12(11)21-15/h10,16H,2-9H2,1H3. The maximum absolute atomic E-state index is 8.66. The lowest BCUT2D eigenvalue weighted by molar-refractivity contribution is 0.284. The van der Waals surface area contributed by atoms with Crippen molar-refractivity contribution in [3.63, 3.8) is 0 Å². The number of hydrogen-bond donors (Lipinski definition) is 1. The van der Waals surface area contributed by atoms with Gasteiger partial charge >= 0.3 is 0 Å². The van der Waals surface area contributed by atoms with Crippen molar-refractivity contribution in [1.29, 1.82) is 5.41 Å². The van der Waals surface area contributed by atoms with Crippen molar-refractivity contribution in [3.8, 4) is 0 Å². The SMILES string of the molecule is CN1CCN(n2cnc3sc4c(c3c2=N)CCCC4)CC1. The van der Waals surface area contributed by atoms with Crippen molar-refractivity contribution in [2.45, 2.75) is 25.7 Å². The Balaban J connectivity index is 1.81. The fraction of sp³-hybridized carbons (Fsp3) is 0.600. The molecule has 1 aliphatic heterocycles. The van der Waals surface area contributed by atoms with E-state index < -0.39 is 0 Å². The molecule has 1 fully saturated rings. The van der Waals surface area contributed by atoms with E-state index in [0.29, 0.717) is 5.49 Å². The fourth-order valence-corrected chi connectivity index (χ4v) is 4.62. The molecule has 0 aromatic carbocycles. The first-order valence-electron chi connectivity index (χ1n) is 7.74. The second-order valence-corrected chi connectivity index (χ2v) is 7.17. The number of thiophene rings is 1. The van der Waals surface area contributed by atoms with Crippen molar-refractivity contribution < 1.29 is 0 Å². The second kappa shape index (κ2) is 5.10. The van der Waals surface area contributed by atoms with Gasteiger partial charge in [-0.05, 0) is 38.3 Å². The van der Waals surface area contributed by atoms with Crippen LogP contribution in [0.15, 0.2) is 6.33 Å². The zero-order valence-electron chi connectivity index (χ0n) is 12.4. The van der Waals surface area contributed by atoms with Crippen LogP contribution in [0.25, 0.3) is 10.2 Å². The van der Waals surface area contributed by atoms with Crippen molar-refractivity contribution in [2.75, 3.05) is 38.2 Å². The van der Waals surface area contributed by atoms with Crippen LogP contribution < -0.4 is 10.5 Å². The summed E-state index contributed by atoms with van der Waals surface area (Å²) in [5, 5.41) is 12.0. The monoisotopic (exact) mass is 303 g/mol. The highest BCUT2D eigenvalue weighted by Crippen LogP contribution is 2.33. The first-order valence-corrected chi connectivity index (χ1v) is 8.56. The van der Waals surface area contributed by atoms with Crippen LogP contribution in [-0.2, 0) is 12.8 Å². The van der Waals surface area contributed by atoms with Gasteiger partial charge in [-0.25, -0.2) is 9.66 Å². The van der Waals surface area contributed by atoms with Crippen LogP contribution in [-0.4, -0.2) is 47.8 Å². The molecule has 3 heterocycles. The Morgan fingerprint density at radius 2 is 1.90 bits per heavy atom. The molecule has 2 aromatic heterocycles. The largest absolute Gasteiger partial charge is 0.307 e. The van der Waals surface area contributed by atoms with Crippen LogP contribution in [0.2, 0.25) is 0 Å². The van der Waals surface area contributed by atoms with Gasteiger partial charge in [0, 0.05) is 31.1 Å². The van der Waals surface area contributed by atoms with Gasteiger partial charge in [-0.2, -0.15) is 0 Å². The van der Waals surface area contributed by atoms with E-state index in [1.54, 1.807) is 11.3 Å². The van der Waals surface area contributed by atoms with E-state index in [1.807, 2.05) is 11.0 Å². The van der Waals surface area contributed by atoms with Crippen LogP contribution in [0, 0.1) is 5.41 Å². The van der Waals surface area contributed by atoms with E-state index in [4.69, 9.17) is 5.41 Å². The zero-order chi connectivity index (χ0) is 14.4. The van der Waals surface area contributed by atoms with E-state index in [0.717, 1.165) is 42.8 Å². The molecule has 0 radical (unpaired) electrons. The van der Waals surface area contributed by atoms with Gasteiger partial charge in [-0.3, -0.25) is 5.41 Å². The Morgan fingerprint density at radius 1 is 1.14 bits per heavy atom. The van der Waals surface area contributed by atoms with Gasteiger partial charge in [0.1, 0.15) is 11.2 Å². The summed E-state index contributed by atoms with van der Waals surface area (Å²) in [7, 11) is 2.15. The molecule has 2 aliphatic rings. The molecule has 2 aromatic rings. The summed E-state index contributed by atoms with van der Waals surface area (Å²) < 4.78 is 1.97. The van der Waals surface area contributed by atoms with Crippen LogP contribution >= 0.6 is 11.3 Å². The summed E-state index contributed by atoms with van der Waals surface area (Å²) in [6.07, 6.45) is 6.67. The number of aromatic nitrogens is 2. The fourth-order valence-electron chi connectivity index (χ4n) is 3.39. The number of piperazine rings is 1. The molecular formula is C15H21N5S. The highest BCUT2D eigenvalue weighted by Gasteiger charge is 2.21. The first kappa shape index (κ1) is 13.3. The maximum Gasteiger partial charge on any atom is 0.156 e. The molecule has 0 spiro atoms. The minimum absolute atomic E-state index is 0.629. The van der Waals surface area contributed by atoms with E-state index in [-0.39, 0.29) is 0 Å². The molecule has 6 heteroatoms. The molecule has 0 atom stereocenters. The molecule has 1 aliphatic carbocycles. The van der Waals surface area contributed by atoms with Crippen molar-refractivity contribution >= 4 is 21.6 Å². The Hall–Kier alpha value is -1.40. The maximum atomic E-state index is 8.66. The molecule has 0 amide bonds. The average Bonchev–Trinajstić information content (AvgIpc) is 2.88. The minimum atomic E-state index is 0.629. The predicted molar refractivity (Wildman–Crippen MR) is 85.6 cm³/mol. The molecule has 112 valence electrons. The van der Waals surface area contributed by atoms with Crippen LogP contribution in [0.4, 0.5) is 0 Å². The third-order valence-electron chi connectivity index (χ3n) is 4.69. The molecule has 1 N–H and O–H groups in total. The van der Waals surface area contributed by atoms with Gasteiger partial charge in [0.2, 0.25) is 0 Å². The molecule has 0 unspecified atom stereocenters. The molecule has 0 bridgehead atoms. The lowest BCUT2D eigenvalue weighted by Gasteiger charge is -2.34. The Labute approximate surface area is 128 Å². The lowest BCUT2D eigenvalue weighted by Crippen LogP contribution is -2.53. The highest BCUT2D eigenvalue weighted by molar-refractivity contribution is 7.18. The summed E-state index contributed by atoms with van der Waals surface area (Å²) >= 11 is 1.80. The highest BCUT2D eigenvalue weighted by atomic mass is 32.1. The number of nitrogens with zero attached hydrogens (tertiary/aromatic N) is 4. The van der Waals surface area contributed by atoms with Crippen LogP contribution in [0.5, 0.6) is 0 Å². The number of aryl methyl sites for hydroxylation is 2. The minimum Gasteiger partial charge on any atom is -0.307 e. The van der Waals surface area contributed by atoms with Gasteiger partial charge in [0.05, 0.1) is 5.39 Å². The Bertz CT molecular complexity index is 723. The quantitative estimate of drug-likeness (QED) is 0.865. The van der Waals surface area contributed by atoms with Gasteiger partial charge in [-0.15, -0.1) is 11.3 Å². The van der Waals surface area contributed by atoms with E-state index >= 15 is 0 Å². The summed E-state index contributed by atoms with van der Waals surface area (Å²) in [5.74, 6) is 0. The summed E-state index contributed by atoms with van der Waals surface area (Å²) in [5.41, 5.74) is 2.03. The predicted octanol–water partition coefficient (Wildman–Crippen LogP) is 1.34. The normalized spacial score (nSPS) is 20.0. The van der Waals surface area contributed by atoms with Gasteiger partial charge < -0.3 is 9.91 Å². The number of fused-ring (bicyclic) bond motifs is 3. The lowest BCUT2D eigenvalue weighted by atomic mass is 9.97. The topological polar surface area (TPSA) is 48.2 Å². The number of rotatable bonds is 1. The van der Waals surface area contributed by atoms with Gasteiger partial charge in [0.15, 0.2) is 5.49 Å². The molecule has 1 saturated heterocycles. The third-order valence-corrected chi connectivity index (χ3v) is 5.89. The molecule has 0 saturated carbocycles. The first-order chi connectivity index (χ1) is 10.2. The van der Waals surface area contributed by atoms with E-state index in [1.165, 1.54) is 29.7 Å². The zero-order valence-corrected chi connectivity index (χ0v) is 13.2. The van der Waals surface area contributed by atoms with Crippen molar-refractivity contribution in [2.24, 2.45) is 0 Å². The summed E-state index contributed by atoms with van der Waals surface area (Å²) in [6.45, 7) is 4.03. The number of likely N-dealkylation sites (N-methyl/N-ethyl adjacent to an activating group) is 1. The molecule has 5 nitrogen and oxygen atoms in total. The van der Waals surface area contributed by atoms with Gasteiger partial charge in [0.25, 0.3) is 0 Å². The summed E-state index contributed by atoms with van der Waals surface area (Å²) in [4.78, 5) is 9.50. The van der Waals surface area contributed by atoms with Crippen LogP contribution in [0.3, 0.4) is 0 Å². The third kappa shape index (κ3) is 2.17. The Morgan fingerprint density at radius 3 is 2.71 bits per heavy atom. The average molecular weight is 303 g/mol. The van der Waals surface area contributed by atoms with Crippen LogP contribution in [0.1, 0.15) is 23.3 Å².